The van der Waals surface area contributed by atoms with Crippen LogP contribution in [0.4, 0.5) is 10.2 Å². The molecule has 0 aliphatic carbocycles. The molecule has 1 fully saturated rings. The minimum Gasteiger partial charge on any atom is -0.478 e. The second-order valence-corrected chi connectivity index (χ2v) is 4.45. The first-order valence-electron chi connectivity index (χ1n) is 6.19. The number of aromatic nitrogens is 2. The molecule has 0 saturated carbocycles. The van der Waals surface area contributed by atoms with Gasteiger partial charge in [0.05, 0.1) is 13.2 Å². The van der Waals surface area contributed by atoms with Gasteiger partial charge in [-0.3, -0.25) is 4.79 Å². The fraction of sp³-hybridized carbons (Fsp3) is 0.583. The number of hydrogen-bond donors (Lipinski definition) is 1. The van der Waals surface area contributed by atoms with E-state index in [-0.39, 0.29) is 13.0 Å². The van der Waals surface area contributed by atoms with Crippen molar-refractivity contribution in [3.8, 4) is 5.88 Å². The van der Waals surface area contributed by atoms with Crippen LogP contribution in [-0.4, -0.2) is 41.2 Å². The summed E-state index contributed by atoms with van der Waals surface area (Å²) in [5.41, 5.74) is 5.30. The van der Waals surface area contributed by atoms with Crippen LogP contribution in [0.15, 0.2) is 6.07 Å². The minimum atomic E-state index is -1.08. The number of carbonyl (C=O) groups is 1. The minimum absolute atomic E-state index is 0.0996. The molecule has 2 rings (SSSR count). The van der Waals surface area contributed by atoms with Crippen molar-refractivity contribution in [3.05, 3.63) is 11.9 Å². The fourth-order valence-corrected chi connectivity index (χ4v) is 2.20. The van der Waals surface area contributed by atoms with E-state index in [0.29, 0.717) is 24.1 Å². The van der Waals surface area contributed by atoms with E-state index in [1.54, 1.807) is 17.9 Å². The lowest BCUT2D eigenvalue weighted by atomic mass is 10.2. The molecule has 0 bridgehead atoms. The average Bonchev–Trinajstić information content (AvgIpc) is 2.71. The Morgan fingerprint density at radius 2 is 2.37 bits per heavy atom. The normalized spacial score (nSPS) is 22.6. The number of rotatable bonds is 4. The Hall–Kier alpha value is -1.92. The second-order valence-electron chi connectivity index (χ2n) is 4.45. The van der Waals surface area contributed by atoms with E-state index >= 15 is 0 Å². The smallest absolute Gasteiger partial charge is 0.240 e. The number of ether oxygens (including phenoxy) is 1. The van der Waals surface area contributed by atoms with Crippen molar-refractivity contribution in [2.24, 2.45) is 5.73 Å². The lowest BCUT2D eigenvalue weighted by molar-refractivity contribution is -0.119. The summed E-state index contributed by atoms with van der Waals surface area (Å²) < 4.78 is 18.8. The van der Waals surface area contributed by atoms with E-state index in [1.165, 1.54) is 0 Å². The molecule has 2 N–H and O–H groups in total. The lowest BCUT2D eigenvalue weighted by Gasteiger charge is -2.23. The summed E-state index contributed by atoms with van der Waals surface area (Å²) in [7, 11) is 0. The molecule has 0 radical (unpaired) electrons. The molecule has 1 aromatic heterocycles. The highest BCUT2D eigenvalue weighted by Crippen LogP contribution is 2.27. The largest absolute Gasteiger partial charge is 0.478 e. The predicted molar refractivity (Wildman–Crippen MR) is 67.8 cm³/mol. The van der Waals surface area contributed by atoms with Gasteiger partial charge in [-0.15, -0.1) is 0 Å². The number of anilines is 1. The number of nitrogens with two attached hydrogens (primary N) is 1. The molecule has 104 valence electrons. The Morgan fingerprint density at radius 1 is 1.63 bits per heavy atom. The van der Waals surface area contributed by atoms with Crippen molar-refractivity contribution in [1.82, 2.24) is 9.97 Å². The highest BCUT2D eigenvalue weighted by atomic mass is 19.1. The number of alkyl halides is 1. The number of aryl methyl sites for hydroxylation is 1. The van der Waals surface area contributed by atoms with E-state index < -0.39 is 18.1 Å². The highest BCUT2D eigenvalue weighted by molar-refractivity contribution is 5.84. The van der Waals surface area contributed by atoms with Gasteiger partial charge in [0, 0.05) is 12.5 Å². The fourth-order valence-electron chi connectivity index (χ4n) is 2.20. The summed E-state index contributed by atoms with van der Waals surface area (Å²) in [6.07, 6.45) is -0.981. The zero-order chi connectivity index (χ0) is 14.0. The van der Waals surface area contributed by atoms with Crippen molar-refractivity contribution in [3.63, 3.8) is 0 Å². The van der Waals surface area contributed by atoms with Crippen molar-refractivity contribution in [2.45, 2.75) is 32.5 Å². The number of nitrogens with zero attached hydrogens (tertiary/aromatic N) is 3. The highest BCUT2D eigenvalue weighted by Gasteiger charge is 2.36. The topological polar surface area (TPSA) is 81.3 Å². The molecule has 1 aliphatic rings. The molecule has 1 aliphatic heterocycles. The Morgan fingerprint density at radius 3 is 3.00 bits per heavy atom. The zero-order valence-corrected chi connectivity index (χ0v) is 11.0. The molecule has 7 heteroatoms. The van der Waals surface area contributed by atoms with Crippen LogP contribution in [0.5, 0.6) is 5.88 Å². The van der Waals surface area contributed by atoms with E-state index in [1.807, 2.05) is 6.92 Å². The quantitative estimate of drug-likeness (QED) is 0.864. The number of amides is 1. The van der Waals surface area contributed by atoms with Crippen LogP contribution >= 0.6 is 0 Å². The third kappa shape index (κ3) is 2.91. The maximum Gasteiger partial charge on any atom is 0.240 e. The first-order chi connectivity index (χ1) is 9.01. The summed E-state index contributed by atoms with van der Waals surface area (Å²) in [5.74, 6) is 0.844. The predicted octanol–water partition coefficient (Wildman–Crippen LogP) is 0.586. The van der Waals surface area contributed by atoms with Gasteiger partial charge in [-0.2, -0.15) is 4.98 Å². The second kappa shape index (κ2) is 5.38. The summed E-state index contributed by atoms with van der Waals surface area (Å²) in [6.45, 7) is 4.14. The van der Waals surface area contributed by atoms with Crippen LogP contribution in [0.1, 0.15) is 19.2 Å². The number of carbonyl (C=O) groups excluding carboxylic acids is 1. The number of primary amides is 1. The molecule has 1 saturated heterocycles. The van der Waals surface area contributed by atoms with Gasteiger partial charge < -0.3 is 15.4 Å². The van der Waals surface area contributed by atoms with Gasteiger partial charge in [0.15, 0.2) is 0 Å². The van der Waals surface area contributed by atoms with Gasteiger partial charge in [0.25, 0.3) is 0 Å². The third-order valence-electron chi connectivity index (χ3n) is 2.97. The van der Waals surface area contributed by atoms with Gasteiger partial charge in [0.1, 0.15) is 23.9 Å². The maximum absolute atomic E-state index is 13.5. The summed E-state index contributed by atoms with van der Waals surface area (Å²) >= 11 is 0. The van der Waals surface area contributed by atoms with Gasteiger partial charge in [-0.25, -0.2) is 9.37 Å². The molecule has 19 heavy (non-hydrogen) atoms. The molecule has 0 spiro atoms. The molecular formula is C12H17FN4O2. The summed E-state index contributed by atoms with van der Waals surface area (Å²) in [4.78, 5) is 21.3. The Labute approximate surface area is 110 Å². The van der Waals surface area contributed by atoms with Crippen LogP contribution in [0.3, 0.4) is 0 Å². The van der Waals surface area contributed by atoms with E-state index in [4.69, 9.17) is 10.5 Å². The van der Waals surface area contributed by atoms with Crippen molar-refractivity contribution in [2.75, 3.05) is 18.1 Å². The first-order valence-corrected chi connectivity index (χ1v) is 6.19. The molecule has 0 aromatic carbocycles. The molecule has 6 nitrogen and oxygen atoms in total. The average molecular weight is 268 g/mol. The van der Waals surface area contributed by atoms with Crippen LogP contribution in [0, 0.1) is 6.92 Å². The summed E-state index contributed by atoms with van der Waals surface area (Å²) in [5, 5.41) is 0. The molecule has 2 heterocycles. The Bertz CT molecular complexity index is 483. The third-order valence-corrected chi connectivity index (χ3v) is 2.97. The standard InChI is InChI=1S/C12H17FN4O2/c1-3-19-11-5-10(15-7(2)16-11)17-6-8(13)4-9(17)12(14)18/h5,8-9H,3-4,6H2,1-2H3,(H2,14,18)/t8-,9+/m1/s1. The van der Waals surface area contributed by atoms with E-state index in [2.05, 4.69) is 9.97 Å². The van der Waals surface area contributed by atoms with Crippen LogP contribution < -0.4 is 15.4 Å². The molecule has 1 amide bonds. The van der Waals surface area contributed by atoms with Gasteiger partial charge in [-0.05, 0) is 13.8 Å². The van der Waals surface area contributed by atoms with Crippen LogP contribution in [0.2, 0.25) is 0 Å². The van der Waals surface area contributed by atoms with Gasteiger partial charge >= 0.3 is 0 Å². The van der Waals surface area contributed by atoms with E-state index in [9.17, 15) is 9.18 Å². The van der Waals surface area contributed by atoms with Gasteiger partial charge in [-0.1, -0.05) is 0 Å². The Balaban J connectivity index is 2.31. The van der Waals surface area contributed by atoms with Crippen LogP contribution in [-0.2, 0) is 4.79 Å². The van der Waals surface area contributed by atoms with Crippen molar-refractivity contribution >= 4 is 11.7 Å². The maximum atomic E-state index is 13.5. The lowest BCUT2D eigenvalue weighted by Crippen LogP contribution is -2.40. The monoisotopic (exact) mass is 268 g/mol. The van der Waals surface area contributed by atoms with Crippen LogP contribution in [0.25, 0.3) is 0 Å². The first kappa shape index (κ1) is 13.5. The number of hydrogen-bond acceptors (Lipinski definition) is 5. The molecule has 1 aromatic rings. The molecule has 2 atom stereocenters. The SMILES string of the molecule is CCOc1cc(N2C[C@H](F)C[C@H]2C(N)=O)nc(C)n1. The van der Waals surface area contributed by atoms with Crippen molar-refractivity contribution in [1.29, 1.82) is 0 Å². The summed E-state index contributed by atoms with van der Waals surface area (Å²) in [6, 6.07) is 0.934. The van der Waals surface area contributed by atoms with Crippen molar-refractivity contribution < 1.29 is 13.9 Å². The Kier molecular flexibility index (Phi) is 3.82. The van der Waals surface area contributed by atoms with Gasteiger partial charge in [0.2, 0.25) is 11.8 Å². The zero-order valence-electron chi connectivity index (χ0n) is 11.0. The molecule has 0 unspecified atom stereocenters. The molecular weight excluding hydrogens is 251 g/mol. The number of halogens is 1. The van der Waals surface area contributed by atoms with E-state index in [0.717, 1.165) is 0 Å².